The van der Waals surface area contributed by atoms with Crippen LogP contribution in [0.25, 0.3) is 0 Å². The Hall–Kier alpha value is -1.58. The first-order chi connectivity index (χ1) is 5.11. The lowest BCUT2D eigenvalue weighted by atomic mass is 10.2. The fraction of sp³-hybridized carbons (Fsp3) is 0.143. The highest BCUT2D eigenvalue weighted by Gasteiger charge is 2.04. The molecule has 0 unspecified atom stereocenters. The summed E-state index contributed by atoms with van der Waals surface area (Å²) in [4.78, 5) is 14.6. The van der Waals surface area contributed by atoms with Crippen LogP contribution in [-0.4, -0.2) is 10.9 Å². The molecule has 0 fully saturated rings. The van der Waals surface area contributed by atoms with E-state index in [-0.39, 0.29) is 0 Å². The molecule has 0 saturated heterocycles. The van der Waals surface area contributed by atoms with Gasteiger partial charge < -0.3 is 11.5 Å². The van der Waals surface area contributed by atoms with Gasteiger partial charge in [-0.3, -0.25) is 9.78 Å². The molecule has 0 spiro atoms. The van der Waals surface area contributed by atoms with Crippen molar-refractivity contribution in [1.29, 1.82) is 0 Å². The average Bonchev–Trinajstić information content (AvgIpc) is 1.94. The van der Waals surface area contributed by atoms with Crippen molar-refractivity contribution in [2.45, 2.75) is 6.92 Å². The summed E-state index contributed by atoms with van der Waals surface area (Å²) in [7, 11) is 0. The van der Waals surface area contributed by atoms with E-state index in [2.05, 4.69) is 4.98 Å². The quantitative estimate of drug-likeness (QED) is 0.595. The minimum atomic E-state index is -0.498. The largest absolute Gasteiger partial charge is 0.397 e. The summed E-state index contributed by atoms with van der Waals surface area (Å²) in [5, 5.41) is 0. The molecule has 1 amide bonds. The third kappa shape index (κ3) is 1.46. The van der Waals surface area contributed by atoms with Gasteiger partial charge in [0.05, 0.1) is 23.1 Å². The first kappa shape index (κ1) is 7.53. The molecule has 58 valence electrons. The fourth-order valence-electron chi connectivity index (χ4n) is 0.799. The monoisotopic (exact) mass is 151 g/mol. The molecule has 1 aromatic heterocycles. The Morgan fingerprint density at radius 1 is 1.64 bits per heavy atom. The SMILES string of the molecule is Cc1ncc(N)cc1C(N)=O. The second kappa shape index (κ2) is 2.57. The predicted molar refractivity (Wildman–Crippen MR) is 41.9 cm³/mol. The predicted octanol–water partition coefficient (Wildman–Crippen LogP) is 0.0711. The van der Waals surface area contributed by atoms with Crippen molar-refractivity contribution in [1.82, 2.24) is 4.98 Å². The number of amides is 1. The molecule has 0 radical (unpaired) electrons. The van der Waals surface area contributed by atoms with Gasteiger partial charge in [-0.2, -0.15) is 0 Å². The molecular weight excluding hydrogens is 142 g/mol. The Bertz CT molecular complexity index is 296. The molecule has 0 aliphatic carbocycles. The number of pyridine rings is 1. The molecule has 1 heterocycles. The molecule has 0 aliphatic heterocycles. The molecule has 1 rings (SSSR count). The van der Waals surface area contributed by atoms with Gasteiger partial charge in [-0.05, 0) is 13.0 Å². The number of aromatic nitrogens is 1. The van der Waals surface area contributed by atoms with E-state index in [0.29, 0.717) is 16.9 Å². The number of primary amides is 1. The van der Waals surface area contributed by atoms with Crippen molar-refractivity contribution in [3.05, 3.63) is 23.5 Å². The van der Waals surface area contributed by atoms with Crippen molar-refractivity contribution < 1.29 is 4.79 Å². The van der Waals surface area contributed by atoms with Gasteiger partial charge in [-0.15, -0.1) is 0 Å². The second-order valence-electron chi connectivity index (χ2n) is 2.27. The molecule has 1 aromatic rings. The summed E-state index contributed by atoms with van der Waals surface area (Å²) in [6.07, 6.45) is 1.49. The number of nitrogens with zero attached hydrogens (tertiary/aromatic N) is 1. The highest BCUT2D eigenvalue weighted by atomic mass is 16.1. The number of carbonyl (C=O) groups is 1. The molecule has 4 heteroatoms. The lowest BCUT2D eigenvalue weighted by molar-refractivity contribution is 0.0999. The molecule has 0 atom stereocenters. The van der Waals surface area contributed by atoms with Crippen LogP contribution in [0.2, 0.25) is 0 Å². The zero-order chi connectivity index (χ0) is 8.43. The van der Waals surface area contributed by atoms with Crippen molar-refractivity contribution in [2.75, 3.05) is 5.73 Å². The van der Waals surface area contributed by atoms with Crippen molar-refractivity contribution in [2.24, 2.45) is 5.73 Å². The number of nitrogens with two attached hydrogens (primary N) is 2. The Balaban J connectivity index is 3.23. The summed E-state index contributed by atoms with van der Waals surface area (Å²) in [6, 6.07) is 1.52. The maximum atomic E-state index is 10.7. The van der Waals surface area contributed by atoms with Crippen molar-refractivity contribution in [3.63, 3.8) is 0 Å². The molecular formula is C7H9N3O. The van der Waals surface area contributed by atoms with E-state index in [4.69, 9.17) is 11.5 Å². The van der Waals surface area contributed by atoms with E-state index >= 15 is 0 Å². The standard InChI is InChI=1S/C7H9N3O/c1-4-6(7(9)11)2-5(8)3-10-4/h2-3H,8H2,1H3,(H2,9,11). The molecule has 0 saturated carbocycles. The van der Waals surface area contributed by atoms with E-state index in [9.17, 15) is 4.79 Å². The van der Waals surface area contributed by atoms with Crippen LogP contribution < -0.4 is 11.5 Å². The number of rotatable bonds is 1. The van der Waals surface area contributed by atoms with Gasteiger partial charge in [-0.25, -0.2) is 0 Å². The molecule has 0 aliphatic rings. The molecule has 0 aromatic carbocycles. The van der Waals surface area contributed by atoms with Gasteiger partial charge in [-0.1, -0.05) is 0 Å². The van der Waals surface area contributed by atoms with E-state index in [1.54, 1.807) is 6.92 Å². The molecule has 0 bridgehead atoms. The van der Waals surface area contributed by atoms with Crippen LogP contribution in [-0.2, 0) is 0 Å². The summed E-state index contributed by atoms with van der Waals surface area (Å²) in [5.41, 5.74) is 11.9. The van der Waals surface area contributed by atoms with Crippen LogP contribution >= 0.6 is 0 Å². The molecule has 4 N–H and O–H groups in total. The van der Waals surface area contributed by atoms with E-state index in [1.165, 1.54) is 12.3 Å². The number of nitrogen functional groups attached to an aromatic ring is 1. The third-order valence-electron chi connectivity index (χ3n) is 1.37. The van der Waals surface area contributed by atoms with Crippen LogP contribution in [0.4, 0.5) is 5.69 Å². The van der Waals surface area contributed by atoms with Crippen LogP contribution in [0.1, 0.15) is 16.1 Å². The lowest BCUT2D eigenvalue weighted by Gasteiger charge is -2.00. The average molecular weight is 151 g/mol. The first-order valence-corrected chi connectivity index (χ1v) is 3.13. The van der Waals surface area contributed by atoms with Gasteiger partial charge in [0.2, 0.25) is 0 Å². The van der Waals surface area contributed by atoms with E-state index in [1.807, 2.05) is 0 Å². The van der Waals surface area contributed by atoms with Crippen molar-refractivity contribution in [3.8, 4) is 0 Å². The third-order valence-corrected chi connectivity index (χ3v) is 1.37. The van der Waals surface area contributed by atoms with Crippen LogP contribution in [0.3, 0.4) is 0 Å². The number of hydrogen-bond donors (Lipinski definition) is 2. The van der Waals surface area contributed by atoms with Crippen LogP contribution in [0, 0.1) is 6.92 Å². The highest BCUT2D eigenvalue weighted by molar-refractivity contribution is 5.94. The maximum Gasteiger partial charge on any atom is 0.250 e. The summed E-state index contributed by atoms with van der Waals surface area (Å²) >= 11 is 0. The Morgan fingerprint density at radius 3 is 2.73 bits per heavy atom. The van der Waals surface area contributed by atoms with Crippen LogP contribution in [0.5, 0.6) is 0 Å². The van der Waals surface area contributed by atoms with Gasteiger partial charge in [0.15, 0.2) is 0 Å². The zero-order valence-electron chi connectivity index (χ0n) is 6.16. The molecule has 11 heavy (non-hydrogen) atoms. The Kier molecular flexibility index (Phi) is 1.76. The van der Waals surface area contributed by atoms with Gasteiger partial charge >= 0.3 is 0 Å². The Morgan fingerprint density at radius 2 is 2.27 bits per heavy atom. The maximum absolute atomic E-state index is 10.7. The smallest absolute Gasteiger partial charge is 0.250 e. The topological polar surface area (TPSA) is 82.0 Å². The van der Waals surface area contributed by atoms with Gasteiger partial charge in [0.1, 0.15) is 0 Å². The van der Waals surface area contributed by atoms with Gasteiger partial charge in [0, 0.05) is 0 Å². The normalized spacial score (nSPS) is 9.55. The van der Waals surface area contributed by atoms with E-state index < -0.39 is 5.91 Å². The number of hydrogen-bond acceptors (Lipinski definition) is 3. The first-order valence-electron chi connectivity index (χ1n) is 3.13. The fourth-order valence-corrected chi connectivity index (χ4v) is 0.799. The summed E-state index contributed by atoms with van der Waals surface area (Å²) in [6.45, 7) is 1.71. The number of anilines is 1. The summed E-state index contributed by atoms with van der Waals surface area (Å²) in [5.74, 6) is -0.498. The number of carbonyl (C=O) groups excluding carboxylic acids is 1. The second-order valence-corrected chi connectivity index (χ2v) is 2.27. The highest BCUT2D eigenvalue weighted by Crippen LogP contribution is 2.07. The van der Waals surface area contributed by atoms with Gasteiger partial charge in [0.25, 0.3) is 5.91 Å². The summed E-state index contributed by atoms with van der Waals surface area (Å²) < 4.78 is 0. The number of aryl methyl sites for hydroxylation is 1. The minimum absolute atomic E-state index is 0.380. The Labute approximate surface area is 64.2 Å². The minimum Gasteiger partial charge on any atom is -0.397 e. The van der Waals surface area contributed by atoms with Crippen LogP contribution in [0.15, 0.2) is 12.3 Å². The lowest BCUT2D eigenvalue weighted by Crippen LogP contribution is -2.13. The van der Waals surface area contributed by atoms with Crippen molar-refractivity contribution >= 4 is 11.6 Å². The molecule has 4 nitrogen and oxygen atoms in total. The van der Waals surface area contributed by atoms with E-state index in [0.717, 1.165) is 0 Å². The zero-order valence-corrected chi connectivity index (χ0v) is 6.16.